The minimum atomic E-state index is -0.422. The number of nitrogens with one attached hydrogen (secondary N) is 1. The molecule has 0 saturated heterocycles. The first-order valence-corrected chi connectivity index (χ1v) is 4.95. The van der Waals surface area contributed by atoms with Crippen molar-refractivity contribution in [1.29, 1.82) is 0 Å². The van der Waals surface area contributed by atoms with Gasteiger partial charge in [-0.25, -0.2) is 4.39 Å². The number of carbonyl (C=O) groups excluding carboxylic acids is 1. The van der Waals surface area contributed by atoms with Gasteiger partial charge in [0, 0.05) is 12.1 Å². The highest BCUT2D eigenvalue weighted by atomic mass is 19.1. The van der Waals surface area contributed by atoms with Crippen LogP contribution in [0.3, 0.4) is 0 Å². The zero-order valence-electron chi connectivity index (χ0n) is 9.01. The van der Waals surface area contributed by atoms with E-state index in [1.165, 1.54) is 18.2 Å². The van der Waals surface area contributed by atoms with Crippen molar-refractivity contribution in [1.82, 2.24) is 5.32 Å². The van der Waals surface area contributed by atoms with E-state index in [1.807, 2.05) is 6.92 Å². The van der Waals surface area contributed by atoms with Gasteiger partial charge in [0.1, 0.15) is 5.82 Å². The number of hydrogen-bond donors (Lipinski definition) is 2. The predicted molar refractivity (Wildman–Crippen MR) is 60.3 cm³/mol. The van der Waals surface area contributed by atoms with Crippen molar-refractivity contribution < 1.29 is 9.18 Å². The molecule has 3 nitrogen and oxygen atoms in total. The molecule has 1 aromatic carbocycles. The van der Waals surface area contributed by atoms with Gasteiger partial charge in [0.05, 0.1) is 12.1 Å². The summed E-state index contributed by atoms with van der Waals surface area (Å²) >= 11 is 0. The molecule has 0 radical (unpaired) electrons. The molecular weight excluding hydrogens is 207 g/mol. The van der Waals surface area contributed by atoms with Crippen molar-refractivity contribution in [2.24, 2.45) is 5.73 Å². The average Bonchev–Trinajstić information content (AvgIpc) is 2.26. The summed E-state index contributed by atoms with van der Waals surface area (Å²) < 4.78 is 13.0. The zero-order chi connectivity index (χ0) is 12.0. The number of amides is 1. The second-order valence-electron chi connectivity index (χ2n) is 3.06. The lowest BCUT2D eigenvalue weighted by Crippen LogP contribution is -2.23. The van der Waals surface area contributed by atoms with E-state index < -0.39 is 5.82 Å². The average molecular weight is 220 g/mol. The van der Waals surface area contributed by atoms with E-state index in [4.69, 9.17) is 5.73 Å². The van der Waals surface area contributed by atoms with Crippen molar-refractivity contribution in [2.45, 2.75) is 6.92 Å². The Kier molecular flexibility index (Phi) is 4.49. The van der Waals surface area contributed by atoms with Crippen LogP contribution in [0.5, 0.6) is 0 Å². The normalized spacial score (nSPS) is 9.19. The minimum Gasteiger partial charge on any atom is -0.352 e. The Hall–Kier alpha value is -1.86. The van der Waals surface area contributed by atoms with E-state index in [-0.39, 0.29) is 12.5 Å². The third-order valence-corrected chi connectivity index (χ3v) is 1.89. The molecule has 0 aromatic heterocycles. The summed E-state index contributed by atoms with van der Waals surface area (Å²) in [5, 5.41) is 2.64. The molecule has 0 atom stereocenters. The Morgan fingerprint density at radius 1 is 1.56 bits per heavy atom. The van der Waals surface area contributed by atoms with Crippen LogP contribution in [-0.2, 0) is 0 Å². The van der Waals surface area contributed by atoms with E-state index in [1.54, 1.807) is 0 Å². The van der Waals surface area contributed by atoms with Crippen molar-refractivity contribution in [2.75, 3.05) is 13.1 Å². The zero-order valence-corrected chi connectivity index (χ0v) is 9.01. The third-order valence-electron chi connectivity index (χ3n) is 1.89. The molecule has 3 N–H and O–H groups in total. The minimum absolute atomic E-state index is 0.172. The maximum atomic E-state index is 13.0. The summed E-state index contributed by atoms with van der Waals surface area (Å²) in [4.78, 5) is 11.6. The predicted octanol–water partition coefficient (Wildman–Crippen LogP) is 0.886. The third kappa shape index (κ3) is 3.07. The van der Waals surface area contributed by atoms with E-state index in [2.05, 4.69) is 17.2 Å². The van der Waals surface area contributed by atoms with Crippen LogP contribution >= 0.6 is 0 Å². The van der Waals surface area contributed by atoms with E-state index in [0.717, 1.165) is 0 Å². The maximum absolute atomic E-state index is 13.0. The van der Waals surface area contributed by atoms with Crippen LogP contribution in [-0.4, -0.2) is 19.0 Å². The SMILES string of the molecule is CCNC(=O)c1ccc(F)cc1C#CCN. The molecule has 1 aromatic rings. The fraction of sp³-hybridized carbons (Fsp3) is 0.250. The molecule has 0 aliphatic heterocycles. The molecule has 1 amide bonds. The first-order valence-electron chi connectivity index (χ1n) is 4.95. The summed E-state index contributed by atoms with van der Waals surface area (Å²) in [5.74, 6) is 4.60. The summed E-state index contributed by atoms with van der Waals surface area (Å²) in [5.41, 5.74) is 5.95. The van der Waals surface area contributed by atoms with Gasteiger partial charge in [0.2, 0.25) is 0 Å². The van der Waals surface area contributed by atoms with Crippen LogP contribution in [0.25, 0.3) is 0 Å². The molecule has 84 valence electrons. The van der Waals surface area contributed by atoms with Crippen molar-refractivity contribution in [3.63, 3.8) is 0 Å². The summed E-state index contributed by atoms with van der Waals surface area (Å²) in [6.45, 7) is 2.50. The van der Waals surface area contributed by atoms with Crippen molar-refractivity contribution in [3.05, 3.63) is 35.1 Å². The van der Waals surface area contributed by atoms with Gasteiger partial charge in [-0.1, -0.05) is 11.8 Å². The second-order valence-corrected chi connectivity index (χ2v) is 3.06. The lowest BCUT2D eigenvalue weighted by molar-refractivity contribution is 0.0955. The van der Waals surface area contributed by atoms with Crippen molar-refractivity contribution >= 4 is 5.91 Å². The Morgan fingerprint density at radius 3 is 2.94 bits per heavy atom. The first kappa shape index (κ1) is 12.2. The second kappa shape index (κ2) is 5.89. The van der Waals surface area contributed by atoms with E-state index in [9.17, 15) is 9.18 Å². The summed E-state index contributed by atoms with van der Waals surface area (Å²) in [6, 6.07) is 3.88. The molecule has 0 spiro atoms. The van der Waals surface area contributed by atoms with E-state index >= 15 is 0 Å². The van der Waals surface area contributed by atoms with E-state index in [0.29, 0.717) is 17.7 Å². The maximum Gasteiger partial charge on any atom is 0.252 e. The highest BCUT2D eigenvalue weighted by Gasteiger charge is 2.09. The van der Waals surface area contributed by atoms with Gasteiger partial charge in [-0.05, 0) is 25.1 Å². The van der Waals surface area contributed by atoms with Gasteiger partial charge in [-0.15, -0.1) is 0 Å². The Bertz CT molecular complexity index is 446. The Balaban J connectivity index is 3.12. The quantitative estimate of drug-likeness (QED) is 0.727. The van der Waals surface area contributed by atoms with Crippen molar-refractivity contribution in [3.8, 4) is 11.8 Å². The fourth-order valence-corrected chi connectivity index (χ4v) is 1.22. The number of carbonyl (C=O) groups is 1. The Labute approximate surface area is 93.8 Å². The van der Waals surface area contributed by atoms with Gasteiger partial charge >= 0.3 is 0 Å². The molecule has 0 saturated carbocycles. The number of nitrogens with two attached hydrogens (primary N) is 1. The molecular formula is C12H13FN2O. The molecule has 0 unspecified atom stereocenters. The smallest absolute Gasteiger partial charge is 0.252 e. The highest BCUT2D eigenvalue weighted by Crippen LogP contribution is 2.10. The molecule has 0 heterocycles. The molecule has 0 fully saturated rings. The summed E-state index contributed by atoms with van der Waals surface area (Å²) in [7, 11) is 0. The standard InChI is InChI=1S/C12H13FN2O/c1-2-15-12(16)11-6-5-10(13)8-9(11)4-3-7-14/h5-6,8H,2,7,14H2,1H3,(H,15,16). The van der Waals surface area contributed by atoms with Crippen LogP contribution in [0.2, 0.25) is 0 Å². The number of halogens is 1. The van der Waals surface area contributed by atoms with Crippen LogP contribution in [0, 0.1) is 17.7 Å². The molecule has 16 heavy (non-hydrogen) atoms. The number of hydrogen-bond acceptors (Lipinski definition) is 2. The Morgan fingerprint density at radius 2 is 2.31 bits per heavy atom. The monoisotopic (exact) mass is 220 g/mol. The molecule has 0 aliphatic carbocycles. The van der Waals surface area contributed by atoms with Crippen LogP contribution in [0.1, 0.15) is 22.8 Å². The largest absolute Gasteiger partial charge is 0.352 e. The lowest BCUT2D eigenvalue weighted by atomic mass is 10.1. The number of benzene rings is 1. The van der Waals surface area contributed by atoms with Crippen LogP contribution < -0.4 is 11.1 Å². The van der Waals surface area contributed by atoms with Gasteiger partial charge in [0.25, 0.3) is 5.91 Å². The number of rotatable bonds is 2. The van der Waals surface area contributed by atoms with Crippen LogP contribution in [0.15, 0.2) is 18.2 Å². The summed E-state index contributed by atoms with van der Waals surface area (Å²) in [6.07, 6.45) is 0. The topological polar surface area (TPSA) is 55.1 Å². The highest BCUT2D eigenvalue weighted by molar-refractivity contribution is 5.96. The van der Waals surface area contributed by atoms with Gasteiger partial charge in [0.15, 0.2) is 0 Å². The molecule has 4 heteroatoms. The fourth-order valence-electron chi connectivity index (χ4n) is 1.22. The van der Waals surface area contributed by atoms with Crippen LogP contribution in [0.4, 0.5) is 4.39 Å². The van der Waals surface area contributed by atoms with Gasteiger partial charge in [-0.3, -0.25) is 4.79 Å². The molecule has 1 rings (SSSR count). The van der Waals surface area contributed by atoms with Gasteiger partial charge < -0.3 is 11.1 Å². The lowest BCUT2D eigenvalue weighted by Gasteiger charge is -2.04. The molecule has 0 aliphatic rings. The molecule has 0 bridgehead atoms. The van der Waals surface area contributed by atoms with Gasteiger partial charge in [-0.2, -0.15) is 0 Å². The first-order chi connectivity index (χ1) is 7.69.